The highest BCUT2D eigenvalue weighted by molar-refractivity contribution is 4.92. The van der Waals surface area contributed by atoms with E-state index in [-0.39, 0.29) is 0 Å². The van der Waals surface area contributed by atoms with Crippen LogP contribution in [0.2, 0.25) is 0 Å². The predicted molar refractivity (Wildman–Crippen MR) is 87.4 cm³/mol. The quantitative estimate of drug-likeness (QED) is 0.778. The molecular formula is C17H32N4. The van der Waals surface area contributed by atoms with Crippen LogP contribution in [0.4, 0.5) is 0 Å². The van der Waals surface area contributed by atoms with Crippen LogP contribution in [0.1, 0.15) is 77.6 Å². The number of likely N-dealkylation sites (N-methyl/N-ethyl adjacent to an activating group) is 1. The molecule has 4 heteroatoms. The molecule has 1 aliphatic rings. The van der Waals surface area contributed by atoms with Crippen LogP contribution in [-0.2, 0) is 6.42 Å². The third-order valence-electron chi connectivity index (χ3n) is 4.65. The number of rotatable bonds is 7. The minimum Gasteiger partial charge on any atom is -0.314 e. The molecule has 4 nitrogen and oxygen atoms in total. The summed E-state index contributed by atoms with van der Waals surface area (Å²) < 4.78 is 2.07. The fraction of sp³-hybridized carbons (Fsp3) is 0.882. The minimum atomic E-state index is 0.391. The lowest BCUT2D eigenvalue weighted by Gasteiger charge is -2.23. The van der Waals surface area contributed by atoms with Crippen LogP contribution in [0.15, 0.2) is 6.33 Å². The Balaban J connectivity index is 1.95. The highest BCUT2D eigenvalue weighted by atomic mass is 15.3. The molecule has 1 unspecified atom stereocenters. The normalized spacial score (nSPS) is 18.9. The van der Waals surface area contributed by atoms with Gasteiger partial charge in [0.05, 0.1) is 0 Å². The van der Waals surface area contributed by atoms with Crippen molar-refractivity contribution in [2.75, 3.05) is 6.54 Å². The van der Waals surface area contributed by atoms with Crippen molar-refractivity contribution >= 4 is 0 Å². The first-order valence-corrected chi connectivity index (χ1v) is 8.82. The summed E-state index contributed by atoms with van der Waals surface area (Å²) in [7, 11) is 0. The number of aromatic nitrogens is 3. The van der Waals surface area contributed by atoms with E-state index in [1.165, 1.54) is 44.9 Å². The molecule has 21 heavy (non-hydrogen) atoms. The number of hydrogen-bond donors (Lipinski definition) is 1. The van der Waals surface area contributed by atoms with Crippen LogP contribution >= 0.6 is 0 Å². The Kier molecular flexibility index (Phi) is 6.68. The Morgan fingerprint density at radius 1 is 1.24 bits per heavy atom. The molecule has 1 aromatic heterocycles. The molecule has 1 saturated carbocycles. The van der Waals surface area contributed by atoms with Crippen molar-refractivity contribution in [3.63, 3.8) is 0 Å². The van der Waals surface area contributed by atoms with Crippen LogP contribution in [0.25, 0.3) is 0 Å². The summed E-state index contributed by atoms with van der Waals surface area (Å²) in [6, 6.07) is 0.933. The van der Waals surface area contributed by atoms with E-state index >= 15 is 0 Å². The molecule has 1 atom stereocenters. The summed E-state index contributed by atoms with van der Waals surface area (Å²) in [5.74, 6) is 2.02. The van der Waals surface area contributed by atoms with Crippen LogP contribution in [0.3, 0.4) is 0 Å². The lowest BCUT2D eigenvalue weighted by Crippen LogP contribution is -2.34. The van der Waals surface area contributed by atoms with E-state index in [2.05, 4.69) is 40.9 Å². The molecule has 1 heterocycles. The summed E-state index contributed by atoms with van der Waals surface area (Å²) in [5.41, 5.74) is 0. The van der Waals surface area contributed by atoms with Crippen molar-refractivity contribution in [2.45, 2.75) is 84.2 Å². The van der Waals surface area contributed by atoms with Gasteiger partial charge in [-0.05, 0) is 32.7 Å². The molecule has 0 spiro atoms. The molecule has 0 aromatic carbocycles. The zero-order valence-corrected chi connectivity index (χ0v) is 14.0. The zero-order chi connectivity index (χ0) is 15.1. The molecule has 0 amide bonds. The van der Waals surface area contributed by atoms with E-state index in [0.29, 0.717) is 12.1 Å². The second-order valence-electron chi connectivity index (χ2n) is 6.77. The van der Waals surface area contributed by atoms with Crippen molar-refractivity contribution in [1.29, 1.82) is 0 Å². The van der Waals surface area contributed by atoms with Gasteiger partial charge in [-0.15, -0.1) is 0 Å². The molecule has 0 saturated heterocycles. The van der Waals surface area contributed by atoms with Crippen LogP contribution in [0.5, 0.6) is 0 Å². The van der Waals surface area contributed by atoms with Gasteiger partial charge >= 0.3 is 0 Å². The highest BCUT2D eigenvalue weighted by Gasteiger charge is 2.20. The van der Waals surface area contributed by atoms with Gasteiger partial charge in [-0.1, -0.05) is 45.4 Å². The third kappa shape index (κ3) is 5.10. The zero-order valence-electron chi connectivity index (χ0n) is 14.0. The molecule has 0 aliphatic heterocycles. The summed E-state index contributed by atoms with van der Waals surface area (Å²) in [4.78, 5) is 4.48. The average molecular weight is 292 g/mol. The Labute approximate surface area is 129 Å². The molecule has 1 N–H and O–H groups in total. The second kappa shape index (κ2) is 8.52. The van der Waals surface area contributed by atoms with Crippen molar-refractivity contribution < 1.29 is 0 Å². The van der Waals surface area contributed by atoms with Crippen LogP contribution in [0, 0.1) is 5.92 Å². The summed E-state index contributed by atoms with van der Waals surface area (Å²) in [5, 5.41) is 8.04. The Morgan fingerprint density at radius 3 is 2.57 bits per heavy atom. The average Bonchev–Trinajstić information content (AvgIpc) is 2.75. The molecule has 2 rings (SSSR count). The minimum absolute atomic E-state index is 0.391. The van der Waals surface area contributed by atoms with Gasteiger partial charge in [0.15, 0.2) is 0 Å². The number of nitrogens with one attached hydrogen (secondary N) is 1. The fourth-order valence-electron chi connectivity index (χ4n) is 3.60. The second-order valence-corrected chi connectivity index (χ2v) is 6.77. The molecule has 0 radical (unpaired) electrons. The third-order valence-corrected chi connectivity index (χ3v) is 4.65. The lowest BCUT2D eigenvalue weighted by atomic mass is 9.91. The van der Waals surface area contributed by atoms with Gasteiger partial charge in [0, 0.05) is 18.5 Å². The van der Waals surface area contributed by atoms with E-state index in [1.54, 1.807) is 6.33 Å². The van der Waals surface area contributed by atoms with Crippen molar-refractivity contribution in [3.8, 4) is 0 Å². The van der Waals surface area contributed by atoms with E-state index in [4.69, 9.17) is 0 Å². The van der Waals surface area contributed by atoms with E-state index in [0.717, 1.165) is 24.7 Å². The molecule has 1 aromatic rings. The highest BCUT2D eigenvalue weighted by Crippen LogP contribution is 2.27. The van der Waals surface area contributed by atoms with Gasteiger partial charge in [0.2, 0.25) is 0 Å². The molecule has 1 aliphatic carbocycles. The first-order chi connectivity index (χ1) is 10.2. The van der Waals surface area contributed by atoms with Gasteiger partial charge in [-0.3, -0.25) is 0 Å². The SMILES string of the molecule is CCNC(Cc1ncnn1C(C)C)CC1CCCCCC1. The smallest absolute Gasteiger partial charge is 0.138 e. The topological polar surface area (TPSA) is 42.7 Å². The Morgan fingerprint density at radius 2 is 1.95 bits per heavy atom. The van der Waals surface area contributed by atoms with Gasteiger partial charge in [0.25, 0.3) is 0 Å². The van der Waals surface area contributed by atoms with Crippen molar-refractivity contribution in [3.05, 3.63) is 12.2 Å². The predicted octanol–water partition coefficient (Wildman–Crippen LogP) is 3.74. The number of nitrogens with zero attached hydrogens (tertiary/aromatic N) is 3. The fourth-order valence-corrected chi connectivity index (χ4v) is 3.60. The maximum absolute atomic E-state index is 4.48. The maximum atomic E-state index is 4.48. The summed E-state index contributed by atoms with van der Waals surface area (Å²) in [6.07, 6.45) is 12.5. The van der Waals surface area contributed by atoms with Gasteiger partial charge in [-0.25, -0.2) is 9.67 Å². The maximum Gasteiger partial charge on any atom is 0.138 e. The lowest BCUT2D eigenvalue weighted by molar-refractivity contribution is 0.344. The van der Waals surface area contributed by atoms with Crippen LogP contribution < -0.4 is 5.32 Å². The molecule has 1 fully saturated rings. The van der Waals surface area contributed by atoms with Crippen molar-refractivity contribution in [1.82, 2.24) is 20.1 Å². The van der Waals surface area contributed by atoms with Crippen molar-refractivity contribution in [2.24, 2.45) is 5.92 Å². The Bertz CT molecular complexity index is 391. The van der Waals surface area contributed by atoms with Gasteiger partial charge in [0.1, 0.15) is 12.2 Å². The van der Waals surface area contributed by atoms with E-state index in [9.17, 15) is 0 Å². The molecule has 120 valence electrons. The van der Waals surface area contributed by atoms with Gasteiger partial charge < -0.3 is 5.32 Å². The monoisotopic (exact) mass is 292 g/mol. The standard InChI is InChI=1S/C17H32N4/c1-4-18-16(11-15-9-7-5-6-8-10-15)12-17-19-13-20-21(17)14(2)3/h13-16,18H,4-12H2,1-3H3. The summed E-state index contributed by atoms with van der Waals surface area (Å²) in [6.45, 7) is 7.58. The first kappa shape index (κ1) is 16.5. The van der Waals surface area contributed by atoms with E-state index in [1.807, 2.05) is 0 Å². The summed E-state index contributed by atoms with van der Waals surface area (Å²) >= 11 is 0. The molecular weight excluding hydrogens is 260 g/mol. The Hall–Kier alpha value is -0.900. The first-order valence-electron chi connectivity index (χ1n) is 8.82. The van der Waals surface area contributed by atoms with E-state index < -0.39 is 0 Å². The number of hydrogen-bond acceptors (Lipinski definition) is 3. The molecule has 0 bridgehead atoms. The largest absolute Gasteiger partial charge is 0.314 e. The van der Waals surface area contributed by atoms with Crippen LogP contribution in [-0.4, -0.2) is 27.4 Å². The van der Waals surface area contributed by atoms with Gasteiger partial charge in [-0.2, -0.15) is 5.10 Å².